The van der Waals surface area contributed by atoms with Crippen LogP contribution in [0.5, 0.6) is 0 Å². The van der Waals surface area contributed by atoms with Gasteiger partial charge in [0, 0.05) is 12.4 Å². The van der Waals surface area contributed by atoms with Crippen LogP contribution >= 0.6 is 0 Å². The molecule has 0 aliphatic heterocycles. The highest BCUT2D eigenvalue weighted by atomic mass is 17.0. The number of carbonyl (C=O) groups excluding carboxylic acids is 1. The molecule has 0 N–H and O–H groups in total. The van der Waals surface area contributed by atoms with Gasteiger partial charge in [-0.2, -0.15) is 0 Å². The fourth-order valence-electron chi connectivity index (χ4n) is 0.813. The summed E-state index contributed by atoms with van der Waals surface area (Å²) in [6.45, 7) is -0.451. The van der Waals surface area contributed by atoms with E-state index in [9.17, 15) is 14.9 Å². The normalized spacial score (nSPS) is 9.33. The van der Waals surface area contributed by atoms with Crippen LogP contribution in [0.15, 0.2) is 24.5 Å². The Hall–Kier alpha value is -2.18. The molecular weight excluding hydrogens is 204 g/mol. The van der Waals surface area contributed by atoms with E-state index in [0.717, 1.165) is 0 Å². The van der Waals surface area contributed by atoms with E-state index in [1.54, 1.807) is 6.07 Å². The molecule has 0 atom stereocenters. The number of aromatic nitrogens is 1. The fraction of sp³-hybridized carbons (Fsp3) is 0.250. The molecule has 80 valence electrons. The second-order valence-corrected chi connectivity index (χ2v) is 2.43. The van der Waals surface area contributed by atoms with Crippen molar-refractivity contribution in [2.45, 2.75) is 0 Å². The minimum atomic E-state index is -0.947. The molecule has 7 heteroatoms. The average molecular weight is 212 g/mol. The second kappa shape index (κ2) is 5.53. The number of pyridine rings is 1. The van der Waals surface area contributed by atoms with Crippen LogP contribution in [0.4, 0.5) is 0 Å². The van der Waals surface area contributed by atoms with E-state index in [-0.39, 0.29) is 13.2 Å². The minimum Gasteiger partial charge on any atom is -0.460 e. The van der Waals surface area contributed by atoms with Crippen LogP contribution in [0.2, 0.25) is 0 Å². The number of esters is 1. The quantitative estimate of drug-likeness (QED) is 0.304. The maximum absolute atomic E-state index is 11.2. The summed E-state index contributed by atoms with van der Waals surface area (Å²) in [6, 6.07) is 3.12. The molecule has 0 aromatic carbocycles. The molecule has 7 nitrogen and oxygen atoms in total. The van der Waals surface area contributed by atoms with E-state index in [2.05, 4.69) is 14.6 Å². The van der Waals surface area contributed by atoms with Gasteiger partial charge in [0.15, 0.2) is 0 Å². The second-order valence-electron chi connectivity index (χ2n) is 2.43. The van der Waals surface area contributed by atoms with Gasteiger partial charge in [-0.05, 0) is 12.1 Å². The van der Waals surface area contributed by atoms with Crippen molar-refractivity contribution < 1.29 is 19.5 Å². The largest absolute Gasteiger partial charge is 0.460 e. The molecule has 1 aromatic rings. The summed E-state index contributed by atoms with van der Waals surface area (Å²) in [5, 5.41) is 8.80. The Kier molecular flexibility index (Phi) is 4.02. The molecule has 0 bridgehead atoms. The lowest BCUT2D eigenvalue weighted by atomic mass is 10.3. The Balaban J connectivity index is 2.28. The number of hydrogen-bond acceptors (Lipinski definition) is 6. The topological polar surface area (TPSA) is 91.6 Å². The molecular formula is C8H8N2O5. The Morgan fingerprint density at radius 2 is 2.33 bits per heavy atom. The standard InChI is InChI=1S/C8H8N2O5/c11-8(7-2-1-3-9-6-7)14-4-5-15-10(12)13/h1-3,6H,4-5H2. The SMILES string of the molecule is O=C(OCCO[N+](=O)[O-])c1cccnc1. The predicted octanol–water partition coefficient (Wildman–Crippen LogP) is 0.447. The van der Waals surface area contributed by atoms with Crippen LogP contribution in [0, 0.1) is 10.1 Å². The third-order valence-electron chi connectivity index (χ3n) is 1.41. The van der Waals surface area contributed by atoms with E-state index >= 15 is 0 Å². The highest BCUT2D eigenvalue weighted by Crippen LogP contribution is 1.98. The van der Waals surface area contributed by atoms with Crippen molar-refractivity contribution in [2.75, 3.05) is 13.2 Å². The number of carbonyl (C=O) groups is 1. The zero-order chi connectivity index (χ0) is 11.1. The first-order valence-corrected chi connectivity index (χ1v) is 4.04. The van der Waals surface area contributed by atoms with E-state index < -0.39 is 11.1 Å². The molecule has 15 heavy (non-hydrogen) atoms. The molecule has 0 saturated carbocycles. The van der Waals surface area contributed by atoms with Gasteiger partial charge in [0.1, 0.15) is 13.2 Å². The molecule has 0 aliphatic carbocycles. The molecule has 0 amide bonds. The van der Waals surface area contributed by atoms with Crippen LogP contribution in [-0.4, -0.2) is 29.3 Å². The van der Waals surface area contributed by atoms with Crippen LogP contribution in [0.25, 0.3) is 0 Å². The van der Waals surface area contributed by atoms with E-state index in [1.807, 2.05) is 0 Å². The Morgan fingerprint density at radius 1 is 1.53 bits per heavy atom. The summed E-state index contributed by atoms with van der Waals surface area (Å²) in [7, 11) is 0. The summed E-state index contributed by atoms with van der Waals surface area (Å²) in [6.07, 6.45) is 2.86. The van der Waals surface area contributed by atoms with E-state index in [4.69, 9.17) is 0 Å². The zero-order valence-electron chi connectivity index (χ0n) is 7.66. The number of hydrogen-bond donors (Lipinski definition) is 0. The van der Waals surface area contributed by atoms with Crippen molar-refractivity contribution in [3.63, 3.8) is 0 Å². The van der Waals surface area contributed by atoms with Gasteiger partial charge in [-0.15, -0.1) is 10.1 Å². The van der Waals surface area contributed by atoms with Crippen molar-refractivity contribution in [1.29, 1.82) is 0 Å². The van der Waals surface area contributed by atoms with Crippen LogP contribution in [-0.2, 0) is 9.57 Å². The molecule has 1 rings (SSSR count). The van der Waals surface area contributed by atoms with Crippen LogP contribution in [0.1, 0.15) is 10.4 Å². The lowest BCUT2D eigenvalue weighted by Crippen LogP contribution is -2.13. The summed E-state index contributed by atoms with van der Waals surface area (Å²) < 4.78 is 4.67. The lowest BCUT2D eigenvalue weighted by molar-refractivity contribution is -0.757. The summed E-state index contributed by atoms with van der Waals surface area (Å²) in [5.74, 6) is -0.588. The fourth-order valence-corrected chi connectivity index (χ4v) is 0.813. The van der Waals surface area contributed by atoms with E-state index in [1.165, 1.54) is 18.5 Å². The van der Waals surface area contributed by atoms with Crippen molar-refractivity contribution in [3.8, 4) is 0 Å². The first-order chi connectivity index (χ1) is 7.20. The first kappa shape index (κ1) is 10.9. The van der Waals surface area contributed by atoms with Crippen molar-refractivity contribution >= 4 is 5.97 Å². The van der Waals surface area contributed by atoms with Crippen molar-refractivity contribution in [1.82, 2.24) is 4.98 Å². The lowest BCUT2D eigenvalue weighted by Gasteiger charge is -2.02. The zero-order valence-corrected chi connectivity index (χ0v) is 7.66. The van der Waals surface area contributed by atoms with Crippen LogP contribution in [0.3, 0.4) is 0 Å². The van der Waals surface area contributed by atoms with Gasteiger partial charge in [0.05, 0.1) is 5.56 Å². The van der Waals surface area contributed by atoms with Crippen LogP contribution < -0.4 is 0 Å². The van der Waals surface area contributed by atoms with Gasteiger partial charge < -0.3 is 9.57 Å². The summed E-state index contributed by atoms with van der Waals surface area (Å²) in [5.41, 5.74) is 0.290. The molecule has 0 unspecified atom stereocenters. The Morgan fingerprint density at radius 3 is 2.93 bits per heavy atom. The smallest absolute Gasteiger partial charge is 0.339 e. The molecule has 0 aliphatic rings. The third-order valence-corrected chi connectivity index (χ3v) is 1.41. The van der Waals surface area contributed by atoms with Gasteiger partial charge in [0.2, 0.25) is 0 Å². The maximum Gasteiger partial charge on any atom is 0.339 e. The van der Waals surface area contributed by atoms with Gasteiger partial charge in [0.25, 0.3) is 5.09 Å². The molecule has 0 fully saturated rings. The molecule has 0 saturated heterocycles. The predicted molar refractivity (Wildman–Crippen MR) is 47.5 cm³/mol. The number of rotatable bonds is 5. The first-order valence-electron chi connectivity index (χ1n) is 4.04. The van der Waals surface area contributed by atoms with Gasteiger partial charge in [-0.1, -0.05) is 0 Å². The van der Waals surface area contributed by atoms with Gasteiger partial charge in [-0.25, -0.2) is 4.79 Å². The monoisotopic (exact) mass is 212 g/mol. The summed E-state index contributed by atoms with van der Waals surface area (Å²) >= 11 is 0. The number of nitrogens with zero attached hydrogens (tertiary/aromatic N) is 2. The van der Waals surface area contributed by atoms with Crippen molar-refractivity contribution in [2.24, 2.45) is 0 Å². The molecule has 0 radical (unpaired) electrons. The summed E-state index contributed by atoms with van der Waals surface area (Å²) in [4.78, 5) is 28.6. The Labute approximate surface area is 84.7 Å². The van der Waals surface area contributed by atoms with Crippen molar-refractivity contribution in [3.05, 3.63) is 40.2 Å². The average Bonchev–Trinajstić information content (AvgIpc) is 2.25. The maximum atomic E-state index is 11.2. The third kappa shape index (κ3) is 4.03. The Bertz CT molecular complexity index is 340. The number of ether oxygens (including phenoxy) is 1. The molecule has 1 heterocycles. The minimum absolute atomic E-state index is 0.172. The highest BCUT2D eigenvalue weighted by Gasteiger charge is 2.06. The van der Waals surface area contributed by atoms with Gasteiger partial charge >= 0.3 is 5.97 Å². The van der Waals surface area contributed by atoms with E-state index in [0.29, 0.717) is 5.56 Å². The highest BCUT2D eigenvalue weighted by molar-refractivity contribution is 5.88. The molecule has 0 spiro atoms. The van der Waals surface area contributed by atoms with Gasteiger partial charge in [-0.3, -0.25) is 4.98 Å². The molecule has 1 aromatic heterocycles.